The first-order chi connectivity index (χ1) is 14.7. The first-order valence-corrected chi connectivity index (χ1v) is 11.2. The summed E-state index contributed by atoms with van der Waals surface area (Å²) in [4.78, 5) is 14.0. The largest absolute Gasteiger partial charge is 0.484 e. The lowest BCUT2D eigenvalue weighted by Crippen LogP contribution is -2.30. The smallest absolute Gasteiger partial charge is 0.264 e. The molecule has 2 aromatic carbocycles. The van der Waals surface area contributed by atoms with Gasteiger partial charge in [-0.05, 0) is 62.4 Å². The molecule has 0 fully saturated rings. The number of hydrogen-bond acceptors (Lipinski definition) is 5. The summed E-state index contributed by atoms with van der Waals surface area (Å²) in [6.07, 6.45) is 0. The lowest BCUT2D eigenvalue weighted by atomic mass is 10.2. The average molecular weight is 443 g/mol. The Hall–Kier alpha value is -3.26. The number of rotatable bonds is 8. The Labute approximate surface area is 182 Å². The number of anilines is 1. The lowest BCUT2D eigenvalue weighted by Gasteiger charge is -2.20. The number of ether oxygens (including phenoxy) is 1. The second-order valence-corrected chi connectivity index (χ2v) is 9.30. The first-order valence-electron chi connectivity index (χ1n) is 9.74. The van der Waals surface area contributed by atoms with Gasteiger partial charge in [0.2, 0.25) is 0 Å². The van der Waals surface area contributed by atoms with E-state index in [-0.39, 0.29) is 17.4 Å². The van der Waals surface area contributed by atoms with Crippen LogP contribution in [0, 0.1) is 13.8 Å². The summed E-state index contributed by atoms with van der Waals surface area (Å²) >= 11 is 0. The van der Waals surface area contributed by atoms with E-state index in [9.17, 15) is 13.2 Å². The van der Waals surface area contributed by atoms with Crippen LogP contribution in [0.1, 0.15) is 17.1 Å². The van der Waals surface area contributed by atoms with Gasteiger partial charge in [-0.2, -0.15) is 0 Å². The molecule has 1 heterocycles. The summed E-state index contributed by atoms with van der Waals surface area (Å²) in [5.41, 5.74) is 1.48. The molecule has 0 spiro atoms. The minimum Gasteiger partial charge on any atom is -0.484 e. The van der Waals surface area contributed by atoms with Crippen LogP contribution in [0.3, 0.4) is 0 Å². The van der Waals surface area contributed by atoms with Crippen LogP contribution in [0.25, 0.3) is 0 Å². The van der Waals surface area contributed by atoms with E-state index in [0.717, 1.165) is 11.3 Å². The Morgan fingerprint density at radius 1 is 0.935 bits per heavy atom. The van der Waals surface area contributed by atoms with Crippen LogP contribution in [0.2, 0.25) is 0 Å². The standard InChI is InChI=1S/C23H26N2O5S/c1-17-5-13-22(14-6-17)31(27,28)25(4)19-8-11-20(12-9-19)29-16-23(26)24(3)15-21-10-7-18(2)30-21/h5-14H,15-16H2,1-4H3. The van der Waals surface area contributed by atoms with Crippen molar-refractivity contribution in [2.45, 2.75) is 25.3 Å². The molecule has 0 N–H and O–H groups in total. The number of sulfonamides is 1. The van der Waals surface area contributed by atoms with E-state index in [0.29, 0.717) is 23.7 Å². The molecule has 164 valence electrons. The zero-order valence-corrected chi connectivity index (χ0v) is 18.8. The van der Waals surface area contributed by atoms with Crippen molar-refractivity contribution >= 4 is 21.6 Å². The van der Waals surface area contributed by atoms with Gasteiger partial charge >= 0.3 is 0 Å². The Morgan fingerprint density at radius 3 is 2.16 bits per heavy atom. The molecule has 1 aromatic heterocycles. The fraction of sp³-hybridized carbons (Fsp3) is 0.261. The number of carbonyl (C=O) groups excluding carboxylic acids is 1. The minimum absolute atomic E-state index is 0.132. The van der Waals surface area contributed by atoms with Gasteiger partial charge < -0.3 is 14.1 Å². The van der Waals surface area contributed by atoms with Gasteiger partial charge in [0.25, 0.3) is 15.9 Å². The van der Waals surface area contributed by atoms with Crippen molar-refractivity contribution in [2.24, 2.45) is 0 Å². The van der Waals surface area contributed by atoms with Crippen LogP contribution in [0.5, 0.6) is 5.75 Å². The molecular formula is C23H26N2O5S. The summed E-state index contributed by atoms with van der Waals surface area (Å²) in [6.45, 7) is 3.98. The number of furan rings is 1. The van der Waals surface area contributed by atoms with Gasteiger partial charge in [-0.3, -0.25) is 9.10 Å². The lowest BCUT2D eigenvalue weighted by molar-refractivity contribution is -0.132. The molecule has 7 nitrogen and oxygen atoms in total. The van der Waals surface area contributed by atoms with Crippen molar-refractivity contribution < 1.29 is 22.4 Å². The number of benzene rings is 2. The van der Waals surface area contributed by atoms with E-state index in [1.165, 1.54) is 16.3 Å². The van der Waals surface area contributed by atoms with Gasteiger partial charge in [0, 0.05) is 14.1 Å². The van der Waals surface area contributed by atoms with E-state index < -0.39 is 10.0 Å². The predicted molar refractivity (Wildman–Crippen MR) is 119 cm³/mol. The summed E-state index contributed by atoms with van der Waals surface area (Å²) in [5, 5.41) is 0. The Balaban J connectivity index is 1.59. The highest BCUT2D eigenvalue weighted by Crippen LogP contribution is 2.24. The molecule has 0 unspecified atom stereocenters. The topological polar surface area (TPSA) is 80.1 Å². The molecule has 0 bridgehead atoms. The van der Waals surface area contributed by atoms with Crippen LogP contribution in [-0.2, 0) is 21.4 Å². The molecule has 0 radical (unpaired) electrons. The normalized spacial score (nSPS) is 11.2. The van der Waals surface area contributed by atoms with Crippen molar-refractivity contribution in [3.63, 3.8) is 0 Å². The van der Waals surface area contributed by atoms with Crippen molar-refractivity contribution in [1.29, 1.82) is 0 Å². The van der Waals surface area contributed by atoms with Gasteiger partial charge in [-0.15, -0.1) is 0 Å². The van der Waals surface area contributed by atoms with Crippen molar-refractivity contribution in [1.82, 2.24) is 4.90 Å². The predicted octanol–water partition coefficient (Wildman–Crippen LogP) is 3.76. The summed E-state index contributed by atoms with van der Waals surface area (Å²) < 4.78 is 37.9. The maximum Gasteiger partial charge on any atom is 0.264 e. The first kappa shape index (κ1) is 22.4. The summed E-state index contributed by atoms with van der Waals surface area (Å²) in [7, 11) is -0.486. The van der Waals surface area contributed by atoms with E-state index in [4.69, 9.17) is 9.15 Å². The quantitative estimate of drug-likeness (QED) is 0.531. The number of aryl methyl sites for hydroxylation is 2. The highest BCUT2D eigenvalue weighted by Gasteiger charge is 2.21. The van der Waals surface area contributed by atoms with E-state index in [1.807, 2.05) is 26.0 Å². The third-order valence-electron chi connectivity index (χ3n) is 4.86. The molecule has 31 heavy (non-hydrogen) atoms. The maximum atomic E-state index is 12.8. The van der Waals surface area contributed by atoms with Crippen LogP contribution in [0.4, 0.5) is 5.69 Å². The summed E-state index contributed by atoms with van der Waals surface area (Å²) in [6, 6.07) is 16.9. The highest BCUT2D eigenvalue weighted by atomic mass is 32.2. The number of amides is 1. The maximum absolute atomic E-state index is 12.8. The van der Waals surface area contributed by atoms with Gasteiger partial charge in [-0.1, -0.05) is 17.7 Å². The van der Waals surface area contributed by atoms with Crippen molar-refractivity contribution in [3.05, 3.63) is 77.7 Å². The fourth-order valence-corrected chi connectivity index (χ4v) is 4.10. The van der Waals surface area contributed by atoms with Crippen LogP contribution in [-0.4, -0.2) is 39.9 Å². The minimum atomic E-state index is -3.66. The SMILES string of the molecule is Cc1ccc(S(=O)(=O)N(C)c2ccc(OCC(=O)N(C)Cc3ccc(C)o3)cc2)cc1. The third-order valence-corrected chi connectivity index (χ3v) is 6.66. The van der Waals surface area contributed by atoms with Crippen LogP contribution >= 0.6 is 0 Å². The molecule has 1 amide bonds. The number of carbonyl (C=O) groups is 1. The van der Waals surface area contributed by atoms with Gasteiger partial charge in [0.1, 0.15) is 17.3 Å². The monoisotopic (exact) mass is 442 g/mol. The molecule has 0 aliphatic rings. The number of hydrogen-bond donors (Lipinski definition) is 0. The van der Waals surface area contributed by atoms with Crippen LogP contribution < -0.4 is 9.04 Å². The molecule has 3 aromatic rings. The Morgan fingerprint density at radius 2 is 1.58 bits per heavy atom. The summed E-state index contributed by atoms with van der Waals surface area (Å²) in [5.74, 6) is 1.77. The zero-order chi connectivity index (χ0) is 22.6. The van der Waals surface area contributed by atoms with E-state index in [2.05, 4.69) is 0 Å². The molecule has 0 saturated carbocycles. The molecule has 3 rings (SSSR count). The van der Waals surface area contributed by atoms with Crippen LogP contribution in [0.15, 0.2) is 70.0 Å². The average Bonchev–Trinajstić information content (AvgIpc) is 3.16. The Bertz CT molecular complexity index is 1140. The zero-order valence-electron chi connectivity index (χ0n) is 18.0. The number of likely N-dealkylation sites (N-methyl/N-ethyl adjacent to an activating group) is 1. The van der Waals surface area contributed by atoms with Crippen molar-refractivity contribution in [3.8, 4) is 5.75 Å². The molecule has 0 aliphatic heterocycles. The Kier molecular flexibility index (Phi) is 6.70. The second-order valence-electron chi connectivity index (χ2n) is 7.33. The fourth-order valence-electron chi connectivity index (χ4n) is 2.91. The molecular weight excluding hydrogens is 416 g/mol. The van der Waals surface area contributed by atoms with E-state index in [1.54, 1.807) is 55.6 Å². The molecule has 0 atom stereocenters. The van der Waals surface area contributed by atoms with Gasteiger partial charge in [0.05, 0.1) is 17.1 Å². The van der Waals surface area contributed by atoms with Crippen molar-refractivity contribution in [2.75, 3.05) is 25.0 Å². The number of nitrogens with zero attached hydrogens (tertiary/aromatic N) is 2. The van der Waals surface area contributed by atoms with E-state index >= 15 is 0 Å². The molecule has 8 heteroatoms. The van der Waals surface area contributed by atoms with Gasteiger partial charge in [0.15, 0.2) is 6.61 Å². The third kappa shape index (κ3) is 5.46. The second kappa shape index (κ2) is 9.26. The molecule has 0 saturated heterocycles. The van der Waals surface area contributed by atoms with Gasteiger partial charge in [-0.25, -0.2) is 8.42 Å². The highest BCUT2D eigenvalue weighted by molar-refractivity contribution is 7.92. The molecule has 0 aliphatic carbocycles.